The summed E-state index contributed by atoms with van der Waals surface area (Å²) >= 11 is 0. The van der Waals surface area contributed by atoms with Gasteiger partial charge >= 0.3 is 8.80 Å². The quantitative estimate of drug-likeness (QED) is 0.499. The summed E-state index contributed by atoms with van der Waals surface area (Å²) in [6.45, 7) is 7.31. The predicted octanol–water partition coefficient (Wildman–Crippen LogP) is -0.0659. The summed E-state index contributed by atoms with van der Waals surface area (Å²) in [4.78, 5) is 2.31. The van der Waals surface area contributed by atoms with Crippen molar-refractivity contribution in [1.82, 2.24) is 4.90 Å². The van der Waals surface area contributed by atoms with Gasteiger partial charge in [0.2, 0.25) is 0 Å². The van der Waals surface area contributed by atoms with Gasteiger partial charge in [0.15, 0.2) is 0 Å². The average molecular weight is 189 g/mol. The molecule has 3 heterocycles. The van der Waals surface area contributed by atoms with Crippen molar-refractivity contribution in [3.63, 3.8) is 0 Å². The van der Waals surface area contributed by atoms with Gasteiger partial charge in [-0.1, -0.05) is 0 Å². The first-order chi connectivity index (χ1) is 5.79. The maximum Gasteiger partial charge on any atom is 0.497 e. The molecule has 3 aliphatic rings. The Bertz CT molecular complexity index is 140. The second kappa shape index (κ2) is 3.43. The summed E-state index contributed by atoms with van der Waals surface area (Å²) in [6, 6.07) is 0. The molecule has 0 aliphatic carbocycles. The fraction of sp³-hybridized carbons (Fsp3) is 1.00. The van der Waals surface area contributed by atoms with E-state index < -0.39 is 8.80 Å². The number of hydrogen-bond acceptors (Lipinski definition) is 4. The molecule has 3 saturated heterocycles. The van der Waals surface area contributed by atoms with Crippen LogP contribution in [0.5, 0.6) is 0 Å². The molecule has 5 heteroatoms. The highest BCUT2D eigenvalue weighted by molar-refractivity contribution is 6.59. The van der Waals surface area contributed by atoms with Crippen LogP contribution in [0.3, 0.4) is 0 Å². The van der Waals surface area contributed by atoms with Crippen LogP contribution in [0.1, 0.15) is 0 Å². The molecule has 4 nitrogen and oxygen atoms in total. The number of fused-ring (bicyclic) bond motifs is 6. The Kier molecular flexibility index (Phi) is 2.47. The van der Waals surface area contributed by atoms with Crippen molar-refractivity contribution in [3.05, 3.63) is 0 Å². The van der Waals surface area contributed by atoms with Gasteiger partial charge in [-0.2, -0.15) is 0 Å². The molecule has 0 N–H and O–H groups in total. The van der Waals surface area contributed by atoms with Crippen molar-refractivity contribution in [2.24, 2.45) is 0 Å². The average Bonchev–Trinajstić information content (AvgIpc) is 1.93. The molecule has 0 amide bonds. The Morgan fingerprint density at radius 2 is 1.33 bits per heavy atom. The van der Waals surface area contributed by atoms with E-state index in [-0.39, 0.29) is 0 Å². The lowest BCUT2D eigenvalue weighted by molar-refractivity contribution is -0.00378. The SMILES string of the molecule is C[Si]12OCCN(CCO1)CCO2. The van der Waals surface area contributed by atoms with E-state index in [2.05, 4.69) is 4.90 Å². The van der Waals surface area contributed by atoms with E-state index in [1.54, 1.807) is 0 Å². The molecule has 0 spiro atoms. The molecule has 0 atom stereocenters. The minimum atomic E-state index is -2.21. The highest BCUT2D eigenvalue weighted by Gasteiger charge is 2.37. The molecule has 0 aromatic heterocycles. The van der Waals surface area contributed by atoms with Crippen LogP contribution < -0.4 is 0 Å². The molecule has 3 fully saturated rings. The normalized spacial score (nSPS) is 43.2. The standard InChI is InChI=1S/C7H15NO3Si/c1-12-9-5-2-8(3-6-10-12)4-7-11-12/h2-7H2,1H3. The largest absolute Gasteiger partial charge is 0.497 e. The maximum absolute atomic E-state index is 5.59. The van der Waals surface area contributed by atoms with Crippen molar-refractivity contribution in [2.75, 3.05) is 39.5 Å². The van der Waals surface area contributed by atoms with Gasteiger partial charge < -0.3 is 13.3 Å². The zero-order valence-corrected chi connectivity index (χ0v) is 8.41. The van der Waals surface area contributed by atoms with Crippen LogP contribution in [0.25, 0.3) is 0 Å². The third kappa shape index (κ3) is 1.86. The molecule has 3 aliphatic heterocycles. The van der Waals surface area contributed by atoms with Crippen molar-refractivity contribution in [2.45, 2.75) is 6.55 Å². The minimum Gasteiger partial charge on any atom is -0.372 e. The molecule has 0 aromatic rings. The Hall–Kier alpha value is 0.0569. The summed E-state index contributed by atoms with van der Waals surface area (Å²) in [5.41, 5.74) is 0. The van der Waals surface area contributed by atoms with Crippen molar-refractivity contribution in [3.8, 4) is 0 Å². The summed E-state index contributed by atoms with van der Waals surface area (Å²) < 4.78 is 16.8. The second-order valence-electron chi connectivity index (χ2n) is 3.25. The predicted molar refractivity (Wildman–Crippen MR) is 45.9 cm³/mol. The Morgan fingerprint density at radius 1 is 0.917 bits per heavy atom. The van der Waals surface area contributed by atoms with E-state index >= 15 is 0 Å². The van der Waals surface area contributed by atoms with E-state index in [1.807, 2.05) is 6.55 Å². The summed E-state index contributed by atoms with van der Waals surface area (Å²) in [5.74, 6) is 0. The lowest BCUT2D eigenvalue weighted by Crippen LogP contribution is -2.53. The Morgan fingerprint density at radius 3 is 1.75 bits per heavy atom. The number of rotatable bonds is 0. The zero-order valence-electron chi connectivity index (χ0n) is 7.41. The topological polar surface area (TPSA) is 30.9 Å². The van der Waals surface area contributed by atoms with Crippen molar-refractivity contribution >= 4 is 8.80 Å². The lowest BCUT2D eigenvalue weighted by Gasteiger charge is -2.36. The first kappa shape index (κ1) is 8.65. The Balaban J connectivity index is 2.06. The molecular weight excluding hydrogens is 174 g/mol. The summed E-state index contributed by atoms with van der Waals surface area (Å²) in [6.07, 6.45) is 0. The first-order valence-electron chi connectivity index (χ1n) is 4.43. The van der Waals surface area contributed by atoms with E-state index in [9.17, 15) is 0 Å². The molecule has 0 aromatic carbocycles. The van der Waals surface area contributed by atoms with Crippen LogP contribution in [0.4, 0.5) is 0 Å². The summed E-state index contributed by atoms with van der Waals surface area (Å²) in [5, 5.41) is 0. The molecular formula is C7H15NO3Si. The van der Waals surface area contributed by atoms with Crippen LogP contribution in [0.15, 0.2) is 0 Å². The zero-order chi connectivity index (χ0) is 8.44. The van der Waals surface area contributed by atoms with Gasteiger partial charge in [0.05, 0.1) is 19.8 Å². The first-order valence-corrected chi connectivity index (χ1v) is 6.65. The van der Waals surface area contributed by atoms with E-state index in [0.29, 0.717) is 0 Å². The molecule has 0 unspecified atom stereocenters. The lowest BCUT2D eigenvalue weighted by atomic mass is 10.4. The fourth-order valence-electron chi connectivity index (χ4n) is 1.54. The van der Waals surface area contributed by atoms with Crippen LogP contribution >= 0.6 is 0 Å². The van der Waals surface area contributed by atoms with Gasteiger partial charge in [0, 0.05) is 26.2 Å². The van der Waals surface area contributed by atoms with Gasteiger partial charge in [-0.25, -0.2) is 0 Å². The van der Waals surface area contributed by atoms with Gasteiger partial charge in [-0.05, 0) is 0 Å². The van der Waals surface area contributed by atoms with Crippen molar-refractivity contribution in [1.29, 1.82) is 0 Å². The molecule has 70 valence electrons. The Labute approximate surface area is 73.8 Å². The van der Waals surface area contributed by atoms with Gasteiger partial charge in [-0.3, -0.25) is 4.90 Å². The third-order valence-corrected chi connectivity index (χ3v) is 4.50. The highest BCUT2D eigenvalue weighted by Crippen LogP contribution is 2.14. The molecule has 3 rings (SSSR count). The van der Waals surface area contributed by atoms with E-state index in [0.717, 1.165) is 39.5 Å². The maximum atomic E-state index is 5.59. The molecule has 0 radical (unpaired) electrons. The second-order valence-corrected chi connectivity index (χ2v) is 5.84. The minimum absolute atomic E-state index is 0.753. The van der Waals surface area contributed by atoms with Gasteiger partial charge in [0.25, 0.3) is 0 Å². The third-order valence-electron chi connectivity index (χ3n) is 2.32. The number of nitrogens with zero attached hydrogens (tertiary/aromatic N) is 1. The van der Waals surface area contributed by atoms with E-state index in [4.69, 9.17) is 13.3 Å². The fourth-order valence-corrected chi connectivity index (χ4v) is 3.18. The smallest absolute Gasteiger partial charge is 0.372 e. The molecule has 2 bridgehead atoms. The highest BCUT2D eigenvalue weighted by atomic mass is 28.4. The van der Waals surface area contributed by atoms with Gasteiger partial charge in [-0.15, -0.1) is 0 Å². The monoisotopic (exact) mass is 189 g/mol. The molecule has 12 heavy (non-hydrogen) atoms. The van der Waals surface area contributed by atoms with Crippen LogP contribution in [-0.2, 0) is 13.3 Å². The summed E-state index contributed by atoms with van der Waals surface area (Å²) in [7, 11) is -2.21. The van der Waals surface area contributed by atoms with Crippen LogP contribution in [0.2, 0.25) is 6.55 Å². The van der Waals surface area contributed by atoms with E-state index in [1.165, 1.54) is 0 Å². The van der Waals surface area contributed by atoms with Crippen LogP contribution in [-0.4, -0.2) is 53.2 Å². The molecule has 0 saturated carbocycles. The van der Waals surface area contributed by atoms with Crippen LogP contribution in [0, 0.1) is 0 Å². The van der Waals surface area contributed by atoms with Gasteiger partial charge in [0.1, 0.15) is 0 Å². The van der Waals surface area contributed by atoms with Crippen molar-refractivity contribution < 1.29 is 13.3 Å². The number of hydrogen-bond donors (Lipinski definition) is 0.